The molecule has 0 aliphatic carbocycles. The summed E-state index contributed by atoms with van der Waals surface area (Å²) in [4.78, 5) is 21.5. The molecule has 0 aliphatic rings. The molecule has 1 amide bonds. The normalized spacial score (nSPS) is 9.94. The van der Waals surface area contributed by atoms with Crippen LogP contribution in [0.15, 0.2) is 42.7 Å². The van der Waals surface area contributed by atoms with E-state index in [9.17, 15) is 4.79 Å². The number of carbonyl (C=O) groups excluding carboxylic acids is 1. The summed E-state index contributed by atoms with van der Waals surface area (Å²) in [5.74, 6) is 0.331. The molecule has 86 valence electrons. The summed E-state index contributed by atoms with van der Waals surface area (Å²) < 4.78 is 0. The fourth-order valence-corrected chi connectivity index (χ4v) is 1.36. The van der Waals surface area contributed by atoms with Crippen molar-refractivity contribution in [3.63, 3.8) is 0 Å². The quantitative estimate of drug-likeness (QED) is 0.841. The highest BCUT2D eigenvalue weighted by molar-refractivity contribution is 6.03. The number of nitrogens with two attached hydrogens (primary N) is 1. The second-order valence-electron chi connectivity index (χ2n) is 3.53. The molecule has 2 rings (SSSR count). The van der Waals surface area contributed by atoms with Crippen LogP contribution < -0.4 is 10.6 Å². The zero-order chi connectivity index (χ0) is 12.3. The smallest absolute Gasteiger partial charge is 0.277 e. The molecule has 0 aromatic carbocycles. The van der Waals surface area contributed by atoms with Gasteiger partial charge in [0, 0.05) is 13.2 Å². The molecule has 0 saturated carbocycles. The fraction of sp³-hybridized carbons (Fsp3) is 0.0833. The van der Waals surface area contributed by atoms with Gasteiger partial charge in [-0.2, -0.15) is 0 Å². The molecule has 2 N–H and O–H groups in total. The first-order chi connectivity index (χ1) is 8.18. The summed E-state index contributed by atoms with van der Waals surface area (Å²) >= 11 is 0. The molecule has 0 radical (unpaired) electrons. The Labute approximate surface area is 98.9 Å². The summed E-state index contributed by atoms with van der Waals surface area (Å²) in [5.41, 5.74) is 6.48. The van der Waals surface area contributed by atoms with Gasteiger partial charge in [0.05, 0.1) is 11.9 Å². The Balaban J connectivity index is 2.23. The molecule has 0 bridgehead atoms. The zero-order valence-electron chi connectivity index (χ0n) is 9.37. The molecule has 17 heavy (non-hydrogen) atoms. The maximum absolute atomic E-state index is 12.0. The Morgan fingerprint density at radius 2 is 2.06 bits per heavy atom. The first kappa shape index (κ1) is 11.1. The predicted octanol–water partition coefficient (Wildman–Crippen LogP) is 1.34. The van der Waals surface area contributed by atoms with Crippen LogP contribution in [0.5, 0.6) is 0 Å². The topological polar surface area (TPSA) is 72.1 Å². The van der Waals surface area contributed by atoms with Crippen LogP contribution in [0, 0.1) is 0 Å². The standard InChI is InChI=1S/C12H12N4O/c1-16(11-6-5-9(13)8-15-11)12(17)10-4-2-3-7-14-10/h2-8H,13H2,1H3. The van der Waals surface area contributed by atoms with Gasteiger partial charge in [-0.3, -0.25) is 14.7 Å². The van der Waals surface area contributed by atoms with Gasteiger partial charge in [-0.1, -0.05) is 6.07 Å². The largest absolute Gasteiger partial charge is 0.397 e. The molecule has 5 nitrogen and oxygen atoms in total. The van der Waals surface area contributed by atoms with E-state index in [2.05, 4.69) is 9.97 Å². The SMILES string of the molecule is CN(C(=O)c1ccccn1)c1ccc(N)cn1. The third kappa shape index (κ3) is 2.39. The first-order valence-electron chi connectivity index (χ1n) is 5.09. The zero-order valence-corrected chi connectivity index (χ0v) is 9.37. The van der Waals surface area contributed by atoms with E-state index in [1.807, 2.05) is 0 Å². The Morgan fingerprint density at radius 1 is 1.24 bits per heavy atom. The van der Waals surface area contributed by atoms with E-state index in [0.29, 0.717) is 17.2 Å². The van der Waals surface area contributed by atoms with Crippen molar-refractivity contribution in [1.82, 2.24) is 9.97 Å². The van der Waals surface area contributed by atoms with Gasteiger partial charge in [0.15, 0.2) is 0 Å². The van der Waals surface area contributed by atoms with Crippen molar-refractivity contribution in [1.29, 1.82) is 0 Å². The van der Waals surface area contributed by atoms with Gasteiger partial charge < -0.3 is 5.73 Å². The lowest BCUT2D eigenvalue weighted by molar-refractivity contribution is 0.0987. The number of amides is 1. The van der Waals surface area contributed by atoms with Crippen molar-refractivity contribution in [3.8, 4) is 0 Å². The van der Waals surface area contributed by atoms with Gasteiger partial charge in [0.1, 0.15) is 11.5 Å². The minimum Gasteiger partial charge on any atom is -0.397 e. The van der Waals surface area contributed by atoms with Gasteiger partial charge in [0.25, 0.3) is 5.91 Å². The highest BCUT2D eigenvalue weighted by Crippen LogP contribution is 2.12. The van der Waals surface area contributed by atoms with Crippen LogP contribution in [0.2, 0.25) is 0 Å². The molecule has 0 atom stereocenters. The molecule has 0 unspecified atom stereocenters. The van der Waals surface area contributed by atoms with Gasteiger partial charge in [-0.25, -0.2) is 4.98 Å². The van der Waals surface area contributed by atoms with E-state index in [1.165, 1.54) is 11.1 Å². The summed E-state index contributed by atoms with van der Waals surface area (Å²) in [5, 5.41) is 0. The maximum Gasteiger partial charge on any atom is 0.277 e. The third-order valence-electron chi connectivity index (χ3n) is 2.30. The van der Waals surface area contributed by atoms with Gasteiger partial charge in [0.2, 0.25) is 0 Å². The molecule has 5 heteroatoms. The van der Waals surface area contributed by atoms with Crippen LogP contribution in [0.25, 0.3) is 0 Å². The lowest BCUT2D eigenvalue weighted by Crippen LogP contribution is -2.27. The van der Waals surface area contributed by atoms with Crippen LogP contribution >= 0.6 is 0 Å². The first-order valence-corrected chi connectivity index (χ1v) is 5.09. The van der Waals surface area contributed by atoms with Crippen molar-refractivity contribution >= 4 is 17.4 Å². The van der Waals surface area contributed by atoms with E-state index in [-0.39, 0.29) is 5.91 Å². The Hall–Kier alpha value is -2.43. The minimum absolute atomic E-state index is 0.206. The predicted molar refractivity (Wildman–Crippen MR) is 65.6 cm³/mol. The summed E-state index contributed by atoms with van der Waals surface area (Å²) in [6.45, 7) is 0. The van der Waals surface area contributed by atoms with Crippen LogP contribution in [0.4, 0.5) is 11.5 Å². The number of anilines is 2. The highest BCUT2D eigenvalue weighted by Gasteiger charge is 2.14. The molecule has 0 aliphatic heterocycles. The van der Waals surface area contributed by atoms with Crippen LogP contribution in [-0.2, 0) is 0 Å². The molecule has 0 saturated heterocycles. The number of nitrogen functional groups attached to an aromatic ring is 1. The average Bonchev–Trinajstić information content (AvgIpc) is 2.39. The second kappa shape index (κ2) is 4.61. The van der Waals surface area contributed by atoms with Crippen molar-refractivity contribution in [2.75, 3.05) is 17.7 Å². The maximum atomic E-state index is 12.0. The summed E-state index contributed by atoms with van der Waals surface area (Å²) in [7, 11) is 1.65. The monoisotopic (exact) mass is 228 g/mol. The van der Waals surface area contributed by atoms with E-state index >= 15 is 0 Å². The molecule has 2 aromatic rings. The Bertz CT molecular complexity index is 510. The minimum atomic E-state index is -0.206. The van der Waals surface area contributed by atoms with Crippen molar-refractivity contribution < 1.29 is 4.79 Å². The number of aromatic nitrogens is 2. The number of hydrogen-bond donors (Lipinski definition) is 1. The summed E-state index contributed by atoms with van der Waals surface area (Å²) in [6.07, 6.45) is 3.09. The number of rotatable bonds is 2. The van der Waals surface area contributed by atoms with Crippen molar-refractivity contribution in [2.45, 2.75) is 0 Å². The summed E-state index contributed by atoms with van der Waals surface area (Å²) in [6, 6.07) is 8.58. The third-order valence-corrected chi connectivity index (χ3v) is 2.30. The Morgan fingerprint density at radius 3 is 2.65 bits per heavy atom. The fourth-order valence-electron chi connectivity index (χ4n) is 1.36. The van der Waals surface area contributed by atoms with Gasteiger partial charge in [-0.15, -0.1) is 0 Å². The molecule has 0 fully saturated rings. The molecule has 2 heterocycles. The van der Waals surface area contributed by atoms with Crippen LogP contribution in [0.3, 0.4) is 0 Å². The van der Waals surface area contributed by atoms with Crippen LogP contribution in [-0.4, -0.2) is 22.9 Å². The Kier molecular flexibility index (Phi) is 3.00. The van der Waals surface area contributed by atoms with E-state index in [4.69, 9.17) is 5.73 Å². The van der Waals surface area contributed by atoms with Gasteiger partial charge >= 0.3 is 0 Å². The molecular weight excluding hydrogens is 216 g/mol. The molecular formula is C12H12N4O. The second-order valence-corrected chi connectivity index (χ2v) is 3.53. The number of hydrogen-bond acceptors (Lipinski definition) is 4. The van der Waals surface area contributed by atoms with Gasteiger partial charge in [-0.05, 0) is 24.3 Å². The number of pyridine rings is 2. The van der Waals surface area contributed by atoms with E-state index in [0.717, 1.165) is 0 Å². The van der Waals surface area contributed by atoms with E-state index in [1.54, 1.807) is 43.6 Å². The number of nitrogens with zero attached hydrogens (tertiary/aromatic N) is 3. The molecule has 2 aromatic heterocycles. The lowest BCUT2D eigenvalue weighted by Gasteiger charge is -2.15. The molecule has 0 spiro atoms. The average molecular weight is 228 g/mol. The van der Waals surface area contributed by atoms with Crippen molar-refractivity contribution in [2.24, 2.45) is 0 Å². The van der Waals surface area contributed by atoms with Crippen molar-refractivity contribution in [3.05, 3.63) is 48.4 Å². The number of carbonyl (C=O) groups is 1. The lowest BCUT2D eigenvalue weighted by atomic mass is 10.3. The van der Waals surface area contributed by atoms with E-state index < -0.39 is 0 Å². The highest BCUT2D eigenvalue weighted by atomic mass is 16.2. The van der Waals surface area contributed by atoms with Crippen LogP contribution in [0.1, 0.15) is 10.5 Å².